The summed E-state index contributed by atoms with van der Waals surface area (Å²) in [5, 5.41) is 18.5. The van der Waals surface area contributed by atoms with Crippen molar-refractivity contribution in [2.24, 2.45) is 0 Å². The molecule has 0 aromatic heterocycles. The lowest BCUT2D eigenvalue weighted by molar-refractivity contribution is -0.325. The summed E-state index contributed by atoms with van der Waals surface area (Å²) in [7, 11) is 0. The Morgan fingerprint density at radius 1 is 0.730 bits per heavy atom. The van der Waals surface area contributed by atoms with Crippen LogP contribution in [-0.4, -0.2) is 80.6 Å². The fraction of sp³-hybridized carbons (Fsp3) is 0.517. The van der Waals surface area contributed by atoms with Crippen LogP contribution in [0.2, 0.25) is 0 Å². The summed E-state index contributed by atoms with van der Waals surface area (Å²) in [6.45, 7) is 5.74. The summed E-state index contributed by atoms with van der Waals surface area (Å²) in [6.07, 6.45) is -0.269. The predicted octanol–water partition coefficient (Wildman–Crippen LogP) is 3.25. The fourth-order valence-electron chi connectivity index (χ4n) is 4.06. The SMILES string of the molecule is C=CCO[C@@H]1O[C@H](COCCCO)[C@@H](OCCCO)[C@H](OCc2ccccc2)[C@H]1OCc1ccccc1. The maximum atomic E-state index is 9.34. The number of aliphatic hydroxyl groups is 2. The molecular weight excluding hydrogens is 476 g/mol. The number of rotatable bonds is 18. The van der Waals surface area contributed by atoms with E-state index in [2.05, 4.69) is 6.58 Å². The summed E-state index contributed by atoms with van der Waals surface area (Å²) in [4.78, 5) is 0. The first-order chi connectivity index (χ1) is 18.3. The number of hydrogen-bond acceptors (Lipinski definition) is 8. The van der Waals surface area contributed by atoms with Crippen LogP contribution in [0.25, 0.3) is 0 Å². The quantitative estimate of drug-likeness (QED) is 0.230. The second-order valence-electron chi connectivity index (χ2n) is 8.75. The van der Waals surface area contributed by atoms with Crippen LogP contribution in [0.15, 0.2) is 73.3 Å². The minimum Gasteiger partial charge on any atom is -0.396 e. The molecule has 37 heavy (non-hydrogen) atoms. The van der Waals surface area contributed by atoms with Gasteiger partial charge in [0.05, 0.1) is 26.4 Å². The van der Waals surface area contributed by atoms with Crippen LogP contribution in [0.5, 0.6) is 0 Å². The molecule has 8 nitrogen and oxygen atoms in total. The van der Waals surface area contributed by atoms with E-state index < -0.39 is 30.7 Å². The van der Waals surface area contributed by atoms with Crippen molar-refractivity contribution in [2.75, 3.05) is 39.6 Å². The number of aliphatic hydroxyl groups excluding tert-OH is 2. The molecule has 1 heterocycles. The van der Waals surface area contributed by atoms with Crippen LogP contribution in [0.3, 0.4) is 0 Å². The number of hydrogen-bond donors (Lipinski definition) is 2. The van der Waals surface area contributed by atoms with Gasteiger partial charge in [0.2, 0.25) is 0 Å². The lowest BCUT2D eigenvalue weighted by Crippen LogP contribution is -2.62. The van der Waals surface area contributed by atoms with Gasteiger partial charge >= 0.3 is 0 Å². The van der Waals surface area contributed by atoms with Gasteiger partial charge in [0.25, 0.3) is 0 Å². The third-order valence-corrected chi connectivity index (χ3v) is 5.88. The maximum Gasteiger partial charge on any atom is 0.187 e. The van der Waals surface area contributed by atoms with Crippen molar-refractivity contribution in [3.05, 3.63) is 84.4 Å². The van der Waals surface area contributed by atoms with Crippen molar-refractivity contribution in [3.63, 3.8) is 0 Å². The van der Waals surface area contributed by atoms with Crippen LogP contribution in [-0.2, 0) is 41.6 Å². The highest BCUT2D eigenvalue weighted by Crippen LogP contribution is 2.31. The maximum absolute atomic E-state index is 9.34. The summed E-state index contributed by atoms with van der Waals surface area (Å²) in [5.74, 6) is 0. The number of benzene rings is 2. The molecule has 8 heteroatoms. The standard InChI is InChI=1S/C29H40O8/c1-2-17-34-29-28(36-21-24-13-7-4-8-14-24)27(35-20-23-11-5-3-6-12-23)26(33-19-10-16-31)25(37-29)22-32-18-9-15-30/h2-8,11-14,25-31H,1,9-10,15-22H2/t25-,26-,27+,28-,29-/m1/s1. The highest BCUT2D eigenvalue weighted by Gasteiger charge is 2.49. The van der Waals surface area contributed by atoms with E-state index in [-0.39, 0.29) is 26.4 Å². The minimum atomic E-state index is -0.744. The van der Waals surface area contributed by atoms with E-state index in [4.69, 9.17) is 33.5 Å². The molecule has 3 rings (SSSR count). The van der Waals surface area contributed by atoms with E-state index in [0.717, 1.165) is 11.1 Å². The van der Waals surface area contributed by atoms with Crippen LogP contribution in [0, 0.1) is 0 Å². The first kappa shape index (κ1) is 29.4. The van der Waals surface area contributed by atoms with Crippen LogP contribution in [0.1, 0.15) is 24.0 Å². The Bertz CT molecular complexity index is 849. The lowest BCUT2D eigenvalue weighted by atomic mass is 9.98. The largest absolute Gasteiger partial charge is 0.396 e. The predicted molar refractivity (Wildman–Crippen MR) is 139 cm³/mol. The van der Waals surface area contributed by atoms with Gasteiger partial charge in [-0.1, -0.05) is 66.7 Å². The molecule has 0 unspecified atom stereocenters. The summed E-state index contributed by atoms with van der Waals surface area (Å²) >= 11 is 0. The molecule has 2 aromatic rings. The third kappa shape index (κ3) is 9.92. The number of ether oxygens (including phenoxy) is 6. The zero-order valence-corrected chi connectivity index (χ0v) is 21.4. The van der Waals surface area contributed by atoms with Crippen molar-refractivity contribution >= 4 is 0 Å². The Labute approximate surface area is 219 Å². The van der Waals surface area contributed by atoms with Gasteiger partial charge in [0, 0.05) is 26.4 Å². The van der Waals surface area contributed by atoms with E-state index in [1.807, 2.05) is 60.7 Å². The molecular formula is C29H40O8. The normalized spacial score (nSPS) is 23.7. The highest BCUT2D eigenvalue weighted by atomic mass is 16.7. The Kier molecular flexibility index (Phi) is 13.8. The van der Waals surface area contributed by atoms with E-state index in [1.54, 1.807) is 6.08 Å². The van der Waals surface area contributed by atoms with E-state index in [1.165, 1.54) is 0 Å². The van der Waals surface area contributed by atoms with Crippen molar-refractivity contribution < 1.29 is 38.6 Å². The highest BCUT2D eigenvalue weighted by molar-refractivity contribution is 5.14. The van der Waals surface area contributed by atoms with Crippen molar-refractivity contribution in [1.82, 2.24) is 0 Å². The zero-order valence-electron chi connectivity index (χ0n) is 21.4. The molecule has 0 amide bonds. The zero-order chi connectivity index (χ0) is 26.1. The Balaban J connectivity index is 1.85. The molecule has 2 aromatic carbocycles. The summed E-state index contributed by atoms with van der Waals surface area (Å²) < 4.78 is 37.3. The summed E-state index contributed by atoms with van der Waals surface area (Å²) in [6, 6.07) is 19.8. The van der Waals surface area contributed by atoms with Crippen molar-refractivity contribution in [2.45, 2.75) is 56.8 Å². The van der Waals surface area contributed by atoms with Gasteiger partial charge in [-0.3, -0.25) is 0 Å². The molecule has 1 aliphatic rings. The second kappa shape index (κ2) is 17.4. The van der Waals surface area contributed by atoms with Crippen LogP contribution in [0.4, 0.5) is 0 Å². The molecule has 5 atom stereocenters. The van der Waals surface area contributed by atoms with Gasteiger partial charge < -0.3 is 38.6 Å². The Morgan fingerprint density at radius 3 is 1.92 bits per heavy atom. The van der Waals surface area contributed by atoms with Gasteiger partial charge in [0.1, 0.15) is 24.4 Å². The van der Waals surface area contributed by atoms with Crippen LogP contribution < -0.4 is 0 Å². The average Bonchev–Trinajstić information content (AvgIpc) is 2.94. The molecule has 0 saturated carbocycles. The van der Waals surface area contributed by atoms with E-state index >= 15 is 0 Å². The second-order valence-corrected chi connectivity index (χ2v) is 8.75. The van der Waals surface area contributed by atoms with Gasteiger partial charge in [-0.25, -0.2) is 0 Å². The molecule has 2 N–H and O–H groups in total. The van der Waals surface area contributed by atoms with Gasteiger partial charge in [-0.15, -0.1) is 6.58 Å². The molecule has 0 aliphatic carbocycles. The van der Waals surface area contributed by atoms with Gasteiger partial charge in [-0.2, -0.15) is 0 Å². The summed E-state index contributed by atoms with van der Waals surface area (Å²) in [5.41, 5.74) is 2.03. The van der Waals surface area contributed by atoms with Crippen LogP contribution >= 0.6 is 0 Å². The first-order valence-electron chi connectivity index (χ1n) is 12.9. The monoisotopic (exact) mass is 516 g/mol. The van der Waals surface area contributed by atoms with Crippen molar-refractivity contribution in [3.8, 4) is 0 Å². The minimum absolute atomic E-state index is 0.0137. The van der Waals surface area contributed by atoms with Gasteiger partial charge in [0.15, 0.2) is 6.29 Å². The molecule has 0 spiro atoms. The van der Waals surface area contributed by atoms with Crippen molar-refractivity contribution in [1.29, 1.82) is 0 Å². The molecule has 0 radical (unpaired) electrons. The Hall–Kier alpha value is -2.14. The van der Waals surface area contributed by atoms with Gasteiger partial charge in [-0.05, 0) is 24.0 Å². The topological polar surface area (TPSA) is 95.8 Å². The lowest BCUT2D eigenvalue weighted by Gasteiger charge is -2.45. The molecule has 0 bridgehead atoms. The molecule has 1 fully saturated rings. The van der Waals surface area contributed by atoms with E-state index in [0.29, 0.717) is 39.3 Å². The fourth-order valence-corrected chi connectivity index (χ4v) is 4.06. The molecule has 1 saturated heterocycles. The smallest absolute Gasteiger partial charge is 0.187 e. The first-order valence-corrected chi connectivity index (χ1v) is 12.9. The third-order valence-electron chi connectivity index (χ3n) is 5.88. The van der Waals surface area contributed by atoms with E-state index in [9.17, 15) is 5.11 Å². The molecule has 1 aliphatic heterocycles. The molecule has 204 valence electrons. The Morgan fingerprint density at radius 2 is 1.32 bits per heavy atom. The average molecular weight is 517 g/mol.